The van der Waals surface area contributed by atoms with Gasteiger partial charge in [0.25, 0.3) is 0 Å². The first kappa shape index (κ1) is 18.4. The second-order valence-electron chi connectivity index (χ2n) is 5.63. The SMILES string of the molecule is CCOc1ccc(CCCNC(=O)CSc2ccc(C)cc2)cc1. The van der Waals surface area contributed by atoms with E-state index in [-0.39, 0.29) is 5.91 Å². The summed E-state index contributed by atoms with van der Waals surface area (Å²) in [6.45, 7) is 5.44. The molecule has 0 unspecified atom stereocenters. The fourth-order valence-electron chi connectivity index (χ4n) is 2.27. The fraction of sp³-hybridized carbons (Fsp3) is 0.350. The Hall–Kier alpha value is -1.94. The molecule has 2 rings (SSSR count). The first-order chi connectivity index (χ1) is 11.7. The highest BCUT2D eigenvalue weighted by Crippen LogP contribution is 2.17. The topological polar surface area (TPSA) is 38.3 Å². The molecule has 1 N–H and O–H groups in total. The average molecular weight is 343 g/mol. The van der Waals surface area contributed by atoms with Gasteiger partial charge >= 0.3 is 0 Å². The van der Waals surface area contributed by atoms with Crippen LogP contribution in [0.15, 0.2) is 53.4 Å². The number of benzene rings is 2. The Kier molecular flexibility index (Phi) is 7.69. The van der Waals surface area contributed by atoms with Crippen LogP contribution in [0, 0.1) is 6.92 Å². The normalized spacial score (nSPS) is 10.4. The van der Waals surface area contributed by atoms with Gasteiger partial charge in [0, 0.05) is 11.4 Å². The molecular weight excluding hydrogens is 318 g/mol. The van der Waals surface area contributed by atoms with Gasteiger partial charge in [-0.15, -0.1) is 11.8 Å². The summed E-state index contributed by atoms with van der Waals surface area (Å²) in [4.78, 5) is 13.0. The summed E-state index contributed by atoms with van der Waals surface area (Å²) in [5.74, 6) is 1.46. The molecule has 2 aromatic rings. The number of amides is 1. The van der Waals surface area contributed by atoms with Crippen molar-refractivity contribution < 1.29 is 9.53 Å². The summed E-state index contributed by atoms with van der Waals surface area (Å²) < 4.78 is 5.43. The van der Waals surface area contributed by atoms with Gasteiger partial charge in [-0.2, -0.15) is 0 Å². The van der Waals surface area contributed by atoms with E-state index in [0.29, 0.717) is 18.9 Å². The molecule has 1 amide bonds. The number of thioether (sulfide) groups is 1. The van der Waals surface area contributed by atoms with E-state index >= 15 is 0 Å². The summed E-state index contributed by atoms with van der Waals surface area (Å²) in [5.41, 5.74) is 2.50. The van der Waals surface area contributed by atoms with E-state index in [1.165, 1.54) is 11.1 Å². The van der Waals surface area contributed by atoms with Crippen LogP contribution in [-0.4, -0.2) is 24.8 Å². The molecule has 24 heavy (non-hydrogen) atoms. The summed E-state index contributed by atoms with van der Waals surface area (Å²) in [6, 6.07) is 16.4. The highest BCUT2D eigenvalue weighted by molar-refractivity contribution is 8.00. The van der Waals surface area contributed by atoms with Gasteiger partial charge in [0.2, 0.25) is 5.91 Å². The molecule has 4 heteroatoms. The summed E-state index contributed by atoms with van der Waals surface area (Å²) in [5, 5.41) is 2.98. The molecule has 0 fully saturated rings. The molecule has 0 aliphatic heterocycles. The van der Waals surface area contributed by atoms with Crippen molar-refractivity contribution in [3.05, 3.63) is 59.7 Å². The van der Waals surface area contributed by atoms with Gasteiger partial charge in [-0.25, -0.2) is 0 Å². The van der Waals surface area contributed by atoms with Gasteiger partial charge in [0.1, 0.15) is 5.75 Å². The Morgan fingerprint density at radius 3 is 2.46 bits per heavy atom. The largest absolute Gasteiger partial charge is 0.494 e. The highest BCUT2D eigenvalue weighted by atomic mass is 32.2. The van der Waals surface area contributed by atoms with Crippen LogP contribution in [0.25, 0.3) is 0 Å². The quantitative estimate of drug-likeness (QED) is 0.547. The van der Waals surface area contributed by atoms with Gasteiger partial charge in [0.05, 0.1) is 12.4 Å². The summed E-state index contributed by atoms with van der Waals surface area (Å²) in [7, 11) is 0. The Morgan fingerprint density at radius 2 is 1.79 bits per heavy atom. The average Bonchev–Trinajstić information content (AvgIpc) is 2.60. The van der Waals surface area contributed by atoms with Crippen molar-refractivity contribution in [2.45, 2.75) is 31.6 Å². The molecule has 3 nitrogen and oxygen atoms in total. The number of aryl methyl sites for hydroxylation is 2. The maximum absolute atomic E-state index is 11.9. The zero-order valence-corrected chi connectivity index (χ0v) is 15.2. The Bertz CT molecular complexity index is 623. The number of carbonyl (C=O) groups is 1. The Balaban J connectivity index is 1.61. The molecule has 0 aliphatic carbocycles. The van der Waals surface area contributed by atoms with Crippen LogP contribution in [0.4, 0.5) is 0 Å². The third kappa shape index (κ3) is 6.67. The van der Waals surface area contributed by atoms with Crippen molar-refractivity contribution in [2.75, 3.05) is 18.9 Å². The second kappa shape index (κ2) is 10.0. The summed E-state index contributed by atoms with van der Waals surface area (Å²) >= 11 is 1.57. The third-order valence-electron chi connectivity index (χ3n) is 3.59. The number of hydrogen-bond donors (Lipinski definition) is 1. The number of hydrogen-bond acceptors (Lipinski definition) is 3. The zero-order chi connectivity index (χ0) is 17.2. The minimum Gasteiger partial charge on any atom is -0.494 e. The van der Waals surface area contributed by atoms with E-state index < -0.39 is 0 Å². The fourth-order valence-corrected chi connectivity index (χ4v) is 3.00. The van der Waals surface area contributed by atoms with Crippen molar-refractivity contribution in [1.29, 1.82) is 0 Å². The molecule has 0 atom stereocenters. The molecule has 0 radical (unpaired) electrons. The van der Waals surface area contributed by atoms with Crippen LogP contribution < -0.4 is 10.1 Å². The van der Waals surface area contributed by atoms with Crippen molar-refractivity contribution in [2.24, 2.45) is 0 Å². The lowest BCUT2D eigenvalue weighted by Crippen LogP contribution is -2.26. The van der Waals surface area contributed by atoms with Crippen molar-refractivity contribution in [1.82, 2.24) is 5.32 Å². The first-order valence-electron chi connectivity index (χ1n) is 8.35. The van der Waals surface area contributed by atoms with E-state index in [1.807, 2.05) is 19.1 Å². The van der Waals surface area contributed by atoms with Gasteiger partial charge in [-0.1, -0.05) is 29.8 Å². The number of ether oxygens (including phenoxy) is 1. The minimum absolute atomic E-state index is 0.0901. The maximum Gasteiger partial charge on any atom is 0.230 e. The molecule has 2 aromatic carbocycles. The molecule has 0 saturated heterocycles. The van der Waals surface area contributed by atoms with E-state index in [1.54, 1.807) is 11.8 Å². The molecule has 128 valence electrons. The predicted molar refractivity (Wildman–Crippen MR) is 101 cm³/mol. The Labute approximate surface area is 148 Å². The van der Waals surface area contributed by atoms with Gasteiger partial charge in [-0.3, -0.25) is 4.79 Å². The molecular formula is C20H25NO2S. The second-order valence-corrected chi connectivity index (χ2v) is 6.68. The highest BCUT2D eigenvalue weighted by Gasteiger charge is 2.02. The number of carbonyl (C=O) groups excluding carboxylic acids is 1. The van der Waals surface area contributed by atoms with Crippen LogP contribution in [0.5, 0.6) is 5.75 Å². The van der Waals surface area contributed by atoms with Crippen LogP contribution in [0.3, 0.4) is 0 Å². The number of nitrogens with one attached hydrogen (secondary N) is 1. The monoisotopic (exact) mass is 343 g/mol. The lowest BCUT2D eigenvalue weighted by Gasteiger charge is -2.07. The van der Waals surface area contributed by atoms with Crippen molar-refractivity contribution >= 4 is 17.7 Å². The first-order valence-corrected chi connectivity index (χ1v) is 9.34. The van der Waals surface area contributed by atoms with Crippen LogP contribution in [0.2, 0.25) is 0 Å². The zero-order valence-electron chi connectivity index (χ0n) is 14.4. The molecule has 0 spiro atoms. The lowest BCUT2D eigenvalue weighted by atomic mass is 10.1. The van der Waals surface area contributed by atoms with E-state index in [2.05, 4.69) is 48.6 Å². The number of rotatable bonds is 9. The van der Waals surface area contributed by atoms with Gasteiger partial charge in [0.15, 0.2) is 0 Å². The van der Waals surface area contributed by atoms with Crippen molar-refractivity contribution in [3.8, 4) is 5.75 Å². The predicted octanol–water partition coefficient (Wildman–Crippen LogP) is 4.23. The molecule has 0 aliphatic rings. The lowest BCUT2D eigenvalue weighted by molar-refractivity contribution is -0.118. The van der Waals surface area contributed by atoms with E-state index in [0.717, 1.165) is 23.5 Å². The van der Waals surface area contributed by atoms with E-state index in [4.69, 9.17) is 4.74 Å². The van der Waals surface area contributed by atoms with Crippen LogP contribution in [0.1, 0.15) is 24.5 Å². The molecule has 0 bridgehead atoms. The van der Waals surface area contributed by atoms with Crippen LogP contribution >= 0.6 is 11.8 Å². The molecule has 0 heterocycles. The van der Waals surface area contributed by atoms with E-state index in [9.17, 15) is 4.79 Å². The van der Waals surface area contributed by atoms with Crippen molar-refractivity contribution in [3.63, 3.8) is 0 Å². The minimum atomic E-state index is 0.0901. The molecule has 0 saturated carbocycles. The van der Waals surface area contributed by atoms with Crippen LogP contribution in [-0.2, 0) is 11.2 Å². The maximum atomic E-state index is 11.9. The third-order valence-corrected chi connectivity index (χ3v) is 4.60. The Morgan fingerprint density at radius 1 is 1.08 bits per heavy atom. The van der Waals surface area contributed by atoms with Gasteiger partial charge < -0.3 is 10.1 Å². The summed E-state index contributed by atoms with van der Waals surface area (Å²) in [6.07, 6.45) is 1.90. The standard InChI is InChI=1S/C20H25NO2S/c1-3-23-18-10-8-17(9-11-18)5-4-14-21-20(22)15-24-19-12-6-16(2)7-13-19/h6-13H,3-5,14-15H2,1-2H3,(H,21,22). The molecule has 0 aromatic heterocycles. The van der Waals surface area contributed by atoms with Gasteiger partial charge in [-0.05, 0) is 56.5 Å². The smallest absolute Gasteiger partial charge is 0.230 e.